The molecular weight excluding hydrogens is 285 g/mol. The lowest BCUT2D eigenvalue weighted by atomic mass is 10.1. The molecule has 2 nitrogen and oxygen atoms in total. The minimum Gasteiger partial charge on any atom is -0.349 e. The van der Waals surface area contributed by atoms with E-state index in [1.54, 1.807) is 0 Å². The number of carbonyl (C=O) groups is 1. The summed E-state index contributed by atoms with van der Waals surface area (Å²) in [6.07, 6.45) is 3.23. The zero-order valence-corrected chi connectivity index (χ0v) is 11.3. The maximum atomic E-state index is 12.9. The third-order valence-electron chi connectivity index (χ3n) is 3.21. The number of carbonyl (C=O) groups excluding carboxylic acids is 1. The smallest absolute Gasteiger partial charge is 0.252 e. The van der Waals surface area contributed by atoms with Gasteiger partial charge in [-0.3, -0.25) is 4.79 Å². The van der Waals surface area contributed by atoms with Crippen molar-refractivity contribution in [2.24, 2.45) is 5.92 Å². The highest BCUT2D eigenvalue weighted by atomic mass is 79.9. The Morgan fingerprint density at radius 3 is 2.82 bits per heavy atom. The lowest BCUT2D eigenvalue weighted by Crippen LogP contribution is -2.33. The van der Waals surface area contributed by atoms with Crippen LogP contribution in [0.15, 0.2) is 22.7 Å². The molecular formula is C13H15BrFNO. The third-order valence-corrected chi connectivity index (χ3v) is 3.86. The second-order valence-electron chi connectivity index (χ2n) is 4.71. The molecule has 0 heterocycles. The van der Waals surface area contributed by atoms with Crippen LogP contribution in [0.5, 0.6) is 0 Å². The molecule has 0 aliphatic heterocycles. The molecule has 92 valence electrons. The van der Waals surface area contributed by atoms with Crippen molar-refractivity contribution in [1.29, 1.82) is 0 Å². The van der Waals surface area contributed by atoms with E-state index < -0.39 is 0 Å². The number of amides is 1. The standard InChI is InChI=1S/C13H15BrFNO/c1-8-2-4-10(6-8)16-13(17)11-5-3-9(15)7-12(11)14/h3,5,7-8,10H,2,4,6H2,1H3,(H,16,17). The van der Waals surface area contributed by atoms with E-state index in [-0.39, 0.29) is 17.8 Å². The summed E-state index contributed by atoms with van der Waals surface area (Å²) in [6.45, 7) is 2.19. The van der Waals surface area contributed by atoms with Crippen LogP contribution in [0.1, 0.15) is 36.5 Å². The summed E-state index contributed by atoms with van der Waals surface area (Å²) in [5.41, 5.74) is 0.492. The minimum absolute atomic E-state index is 0.129. The second kappa shape index (κ2) is 5.17. The van der Waals surface area contributed by atoms with Crippen LogP contribution in [-0.2, 0) is 0 Å². The van der Waals surface area contributed by atoms with Gasteiger partial charge in [-0.1, -0.05) is 6.92 Å². The molecule has 1 saturated carbocycles. The molecule has 0 spiro atoms. The third kappa shape index (κ3) is 3.06. The van der Waals surface area contributed by atoms with Crippen LogP contribution in [0, 0.1) is 11.7 Å². The highest BCUT2D eigenvalue weighted by Gasteiger charge is 2.23. The average Bonchev–Trinajstić information content (AvgIpc) is 2.63. The lowest BCUT2D eigenvalue weighted by Gasteiger charge is -2.13. The lowest BCUT2D eigenvalue weighted by molar-refractivity contribution is 0.0936. The van der Waals surface area contributed by atoms with Crippen LogP contribution >= 0.6 is 15.9 Å². The summed E-state index contributed by atoms with van der Waals surface area (Å²) >= 11 is 3.21. The maximum absolute atomic E-state index is 12.9. The maximum Gasteiger partial charge on any atom is 0.252 e. The highest BCUT2D eigenvalue weighted by Crippen LogP contribution is 2.25. The predicted octanol–water partition coefficient (Wildman–Crippen LogP) is 3.51. The van der Waals surface area contributed by atoms with Crippen molar-refractivity contribution < 1.29 is 9.18 Å². The van der Waals surface area contributed by atoms with Gasteiger partial charge in [0.15, 0.2) is 0 Å². The van der Waals surface area contributed by atoms with E-state index in [2.05, 4.69) is 28.2 Å². The van der Waals surface area contributed by atoms with E-state index in [4.69, 9.17) is 0 Å². The molecule has 1 amide bonds. The Morgan fingerprint density at radius 2 is 2.24 bits per heavy atom. The highest BCUT2D eigenvalue weighted by molar-refractivity contribution is 9.10. The first kappa shape index (κ1) is 12.6. The molecule has 17 heavy (non-hydrogen) atoms. The van der Waals surface area contributed by atoms with Gasteiger partial charge in [-0.15, -0.1) is 0 Å². The molecule has 4 heteroatoms. The molecule has 2 atom stereocenters. The SMILES string of the molecule is CC1CCC(NC(=O)c2ccc(F)cc2Br)C1. The van der Waals surface area contributed by atoms with E-state index in [1.165, 1.54) is 18.2 Å². The summed E-state index contributed by atoms with van der Waals surface area (Å²) in [4.78, 5) is 12.0. The first-order valence-electron chi connectivity index (χ1n) is 5.82. The second-order valence-corrected chi connectivity index (χ2v) is 5.57. The van der Waals surface area contributed by atoms with Crippen LogP contribution in [0.25, 0.3) is 0 Å². The Hall–Kier alpha value is -0.900. The monoisotopic (exact) mass is 299 g/mol. The molecule has 0 radical (unpaired) electrons. The van der Waals surface area contributed by atoms with Crippen molar-refractivity contribution in [2.45, 2.75) is 32.2 Å². The first-order chi connectivity index (χ1) is 8.06. The van der Waals surface area contributed by atoms with Crippen molar-refractivity contribution in [2.75, 3.05) is 0 Å². The topological polar surface area (TPSA) is 29.1 Å². The fourth-order valence-corrected chi connectivity index (χ4v) is 2.81. The van der Waals surface area contributed by atoms with Gasteiger partial charge in [-0.25, -0.2) is 4.39 Å². The van der Waals surface area contributed by atoms with Crippen LogP contribution in [0.4, 0.5) is 4.39 Å². The van der Waals surface area contributed by atoms with Crippen molar-refractivity contribution in [3.05, 3.63) is 34.1 Å². The van der Waals surface area contributed by atoms with Crippen LogP contribution in [-0.4, -0.2) is 11.9 Å². The van der Waals surface area contributed by atoms with E-state index in [9.17, 15) is 9.18 Å². The van der Waals surface area contributed by atoms with E-state index in [0.29, 0.717) is 16.0 Å². The summed E-state index contributed by atoms with van der Waals surface area (Å²) < 4.78 is 13.4. The predicted molar refractivity (Wildman–Crippen MR) is 68.4 cm³/mol. The Morgan fingerprint density at radius 1 is 1.47 bits per heavy atom. The number of hydrogen-bond acceptors (Lipinski definition) is 1. The van der Waals surface area contributed by atoms with Crippen molar-refractivity contribution >= 4 is 21.8 Å². The fraction of sp³-hybridized carbons (Fsp3) is 0.462. The molecule has 2 unspecified atom stereocenters. The molecule has 1 aliphatic carbocycles. The normalized spacial score (nSPS) is 23.7. The summed E-state index contributed by atoms with van der Waals surface area (Å²) in [7, 11) is 0. The molecule has 0 bridgehead atoms. The Balaban J connectivity index is 2.04. The Bertz CT molecular complexity index is 435. The van der Waals surface area contributed by atoms with Gasteiger partial charge >= 0.3 is 0 Å². The molecule has 2 rings (SSSR count). The van der Waals surface area contributed by atoms with Gasteiger partial charge in [0.1, 0.15) is 5.82 Å². The Labute approximate surface area is 109 Å². The number of hydrogen-bond donors (Lipinski definition) is 1. The molecule has 1 fully saturated rings. The molecule has 1 aliphatic rings. The zero-order chi connectivity index (χ0) is 12.4. The van der Waals surface area contributed by atoms with Gasteiger partial charge < -0.3 is 5.32 Å². The van der Waals surface area contributed by atoms with Crippen molar-refractivity contribution in [3.63, 3.8) is 0 Å². The summed E-state index contributed by atoms with van der Waals surface area (Å²) in [5, 5.41) is 2.99. The van der Waals surface area contributed by atoms with E-state index in [1.807, 2.05) is 0 Å². The van der Waals surface area contributed by atoms with Gasteiger partial charge in [0.25, 0.3) is 5.91 Å². The average molecular weight is 300 g/mol. The number of rotatable bonds is 2. The van der Waals surface area contributed by atoms with Gasteiger partial charge in [-0.05, 0) is 59.3 Å². The van der Waals surface area contributed by atoms with Gasteiger partial charge in [-0.2, -0.15) is 0 Å². The largest absolute Gasteiger partial charge is 0.349 e. The molecule has 0 saturated heterocycles. The van der Waals surface area contributed by atoms with Gasteiger partial charge in [0.05, 0.1) is 5.56 Å². The van der Waals surface area contributed by atoms with Crippen LogP contribution in [0.3, 0.4) is 0 Å². The number of benzene rings is 1. The minimum atomic E-state index is -0.345. The molecule has 1 aromatic carbocycles. The first-order valence-corrected chi connectivity index (χ1v) is 6.61. The quantitative estimate of drug-likeness (QED) is 0.890. The number of halogens is 2. The van der Waals surface area contributed by atoms with Crippen LogP contribution in [0.2, 0.25) is 0 Å². The van der Waals surface area contributed by atoms with E-state index >= 15 is 0 Å². The molecule has 0 aromatic heterocycles. The zero-order valence-electron chi connectivity index (χ0n) is 9.67. The van der Waals surface area contributed by atoms with Crippen LogP contribution < -0.4 is 5.32 Å². The van der Waals surface area contributed by atoms with Crippen molar-refractivity contribution in [3.8, 4) is 0 Å². The summed E-state index contributed by atoms with van der Waals surface area (Å²) in [6, 6.07) is 4.38. The van der Waals surface area contributed by atoms with E-state index in [0.717, 1.165) is 19.3 Å². The van der Waals surface area contributed by atoms with Gasteiger partial charge in [0.2, 0.25) is 0 Å². The molecule has 1 aromatic rings. The van der Waals surface area contributed by atoms with Gasteiger partial charge in [0, 0.05) is 10.5 Å². The molecule has 1 N–H and O–H groups in total. The fourth-order valence-electron chi connectivity index (χ4n) is 2.27. The van der Waals surface area contributed by atoms with Crippen molar-refractivity contribution in [1.82, 2.24) is 5.32 Å². The Kier molecular flexibility index (Phi) is 3.82. The number of nitrogens with one attached hydrogen (secondary N) is 1. The summed E-state index contributed by atoms with van der Waals surface area (Å²) in [5.74, 6) is 0.204.